The predicted octanol–water partition coefficient (Wildman–Crippen LogP) is -6.83. The Morgan fingerprint density at radius 2 is 0.460 bits per heavy atom. The van der Waals surface area contributed by atoms with Gasteiger partial charge < -0.3 is 213 Å². The van der Waals surface area contributed by atoms with E-state index in [2.05, 4.69) is 34.6 Å². The van der Waals surface area contributed by atoms with Crippen molar-refractivity contribution in [2.75, 3.05) is 72.1 Å². The first kappa shape index (κ1) is 120. The molecule has 43 atom stereocenters. The molecule has 41 heteroatoms. The molecule has 13 aliphatic heterocycles. The van der Waals surface area contributed by atoms with Gasteiger partial charge in [0.25, 0.3) is 0 Å². The lowest BCUT2D eigenvalue weighted by atomic mass is 10.1. The SMILES string of the molecule is CC1CCC([C@@H](C)N)O1.CC1CC[C@H](C(N)CCO)O1.C[C@@H]1CC[C@H](CN)O1.C[C@@H]1O[C@@H](CN)[C@@H](O)[C@@H]1O.C[C@@H]1O[C@H](CN)[C@@H](O)C1O.C[C@@H]1O[C@H](CN)[C@@H](O)[C@@H]1O.C[C@H](N)[C@H]1CC[C@H](C)O1.C[C@H]1CC(O)C(CN)O1.C[C@H]1CCC(CN)O1.C[C@H]1CC[C@H]([C@@H](N)CO)O1.C[C@H]1O[C@@H](CN)[C@@H](O)[C@@H]1O.C[C@H]1O[C@@H](CN)[C@H](O)[C@@H]1O.C[C@H]1O[C@H](CN)[C@H](O)[C@@H]1O. The Kier molecular flexibility index (Phi) is 62.4. The molecule has 13 rings (SSSR count). The van der Waals surface area contributed by atoms with Crippen LogP contribution in [0.5, 0.6) is 0 Å². The summed E-state index contributed by atoms with van der Waals surface area (Å²) in [6.07, 6.45) is 4.78. The van der Waals surface area contributed by atoms with Gasteiger partial charge in [0.2, 0.25) is 0 Å². The first-order chi connectivity index (χ1) is 58.2. The van der Waals surface area contributed by atoms with Gasteiger partial charge in [0.15, 0.2) is 0 Å². The molecule has 124 heavy (non-hydrogen) atoms. The lowest BCUT2D eigenvalue weighted by Gasteiger charge is -2.17. The van der Waals surface area contributed by atoms with Crippen LogP contribution >= 0.6 is 0 Å². The molecule has 13 aliphatic rings. The van der Waals surface area contributed by atoms with E-state index in [1.807, 2.05) is 27.7 Å². The molecule has 0 bridgehead atoms. The van der Waals surface area contributed by atoms with Crippen LogP contribution in [-0.4, -0.2) is 411 Å². The second kappa shape index (κ2) is 64.3. The highest BCUT2D eigenvalue weighted by molar-refractivity contribution is 4.94. The zero-order valence-corrected chi connectivity index (χ0v) is 77.0. The number of ether oxygens (including phenoxy) is 13. The number of nitrogens with two attached hydrogens (primary N) is 13. The van der Waals surface area contributed by atoms with Crippen LogP contribution in [0.3, 0.4) is 0 Å². The second-order valence-electron chi connectivity index (χ2n) is 34.9. The summed E-state index contributed by atoms with van der Waals surface area (Å²) in [5, 5.41) is 136. The molecule has 13 saturated heterocycles. The first-order valence-corrected chi connectivity index (χ1v) is 45.2. The van der Waals surface area contributed by atoms with Crippen molar-refractivity contribution in [3.63, 3.8) is 0 Å². The average Bonchev–Trinajstić information content (AvgIpc) is 1.73. The van der Waals surface area contributed by atoms with Gasteiger partial charge in [0.1, 0.15) is 73.2 Å². The molecule has 0 aromatic carbocycles. The lowest BCUT2D eigenvalue weighted by molar-refractivity contribution is 0.0223. The highest BCUT2D eigenvalue weighted by atomic mass is 16.6. The number of aliphatic hydroxyl groups is 15. The Labute approximate surface area is 737 Å². The fraction of sp³-hybridized carbons (Fsp3) is 1.00. The molecule has 41 N–H and O–H groups in total. The standard InChI is InChI=1S/C8H17NO2.C7H15NO2.2C7H15NO.6C6H13NO3.C6H13NO2.2C6H13NO/c1-6-2-3-8(11-6)7(9)4-5-10;1-5-2-3-7(10-5)6(8)4-9;2*1-5-3-4-7(9-5)6(2)8;6*1-3-5(8)6(9)4(2-7)10-3;1-4-2-5(8)6(3-7)9-4;2*1-5-2-3-6(4-7)8-5/h6-8,10H,2-5,9H2,1H3;5-7,9H,2-4,8H2,1H3;2*5-7H,3-4,8H2,1-2H3;6*3-6,8-9H,2,7H2,1H3;4-6,8H,2-3,7H2,1H3;2*5-6H,2-4,7H2,1H3/t6?,7?,8-;5-,6-,7+;5?,6-,7?;5-,6-,7+;3-,4+,5?,6+;3-,4+,5+,6+;3-,4+,5-,6+;3-,4+,5-,6-;3-,4-,5+,6+;3-,4-,5-,6+;4-,5?,6?;5-,6?;5-,6-/m1010001101001/s1. The van der Waals surface area contributed by atoms with Gasteiger partial charge in [0.05, 0.1) is 177 Å². The monoisotopic (exact) mass is 1810 g/mol. The Morgan fingerprint density at radius 1 is 0.242 bits per heavy atom. The topological polar surface area (TPSA) is 762 Å². The van der Waals surface area contributed by atoms with E-state index in [4.69, 9.17) is 182 Å². The van der Waals surface area contributed by atoms with Crippen LogP contribution in [0, 0.1) is 0 Å². The number of aliphatic hydroxyl groups excluding tert-OH is 15. The molecule has 13 fully saturated rings. The first-order valence-electron chi connectivity index (χ1n) is 45.2. The molecular formula is C83H179N13O28. The van der Waals surface area contributed by atoms with Crippen LogP contribution in [0.2, 0.25) is 0 Å². The molecule has 0 spiro atoms. The van der Waals surface area contributed by atoms with Gasteiger partial charge in [-0.05, 0) is 187 Å². The third-order valence-electron chi connectivity index (χ3n) is 23.7. The molecule has 0 aromatic rings. The molecule has 0 aliphatic carbocycles. The van der Waals surface area contributed by atoms with Crippen molar-refractivity contribution >= 4 is 0 Å². The van der Waals surface area contributed by atoms with Crippen molar-refractivity contribution in [1.82, 2.24) is 0 Å². The highest BCUT2D eigenvalue weighted by Crippen LogP contribution is 2.29. The van der Waals surface area contributed by atoms with Gasteiger partial charge in [0, 0.05) is 90.1 Å². The summed E-state index contributed by atoms with van der Waals surface area (Å²) in [5.74, 6) is 0. The molecule has 0 aromatic heterocycles. The largest absolute Gasteiger partial charge is 0.396 e. The quantitative estimate of drug-likeness (QED) is 0.0683. The second-order valence-corrected chi connectivity index (χ2v) is 34.9. The van der Waals surface area contributed by atoms with Crippen molar-refractivity contribution in [2.24, 2.45) is 74.5 Å². The summed E-state index contributed by atoms with van der Waals surface area (Å²) in [6.45, 7) is 32.2. The minimum absolute atomic E-state index is 0.0185. The maximum atomic E-state index is 9.17. The predicted molar refractivity (Wildman–Crippen MR) is 468 cm³/mol. The third-order valence-corrected chi connectivity index (χ3v) is 23.7. The third kappa shape index (κ3) is 43.1. The molecular weight excluding hydrogens is 1630 g/mol. The summed E-state index contributed by atoms with van der Waals surface area (Å²) in [4.78, 5) is 0. The minimum Gasteiger partial charge on any atom is -0.396 e. The number of hydrogen-bond acceptors (Lipinski definition) is 41. The van der Waals surface area contributed by atoms with Crippen LogP contribution in [0.25, 0.3) is 0 Å². The molecule has 0 amide bonds. The van der Waals surface area contributed by atoms with Crippen LogP contribution < -0.4 is 74.5 Å². The molecule has 0 radical (unpaired) electrons. The average molecular weight is 1810 g/mol. The Balaban J connectivity index is 0.000000672. The Morgan fingerprint density at radius 3 is 0.573 bits per heavy atom. The van der Waals surface area contributed by atoms with Crippen LogP contribution in [0.1, 0.15) is 194 Å². The van der Waals surface area contributed by atoms with Crippen molar-refractivity contribution in [1.29, 1.82) is 0 Å². The van der Waals surface area contributed by atoms with E-state index >= 15 is 0 Å². The van der Waals surface area contributed by atoms with E-state index in [1.165, 1.54) is 25.7 Å². The summed E-state index contributed by atoms with van der Waals surface area (Å²) in [6, 6.07) is 0.236. The zero-order valence-electron chi connectivity index (χ0n) is 77.0. The summed E-state index contributed by atoms with van der Waals surface area (Å²) >= 11 is 0. The Bertz CT molecular complexity index is 2350. The van der Waals surface area contributed by atoms with E-state index in [-0.39, 0.29) is 144 Å². The summed E-state index contributed by atoms with van der Waals surface area (Å²) < 4.78 is 68.6. The van der Waals surface area contributed by atoms with Crippen LogP contribution in [0.15, 0.2) is 0 Å². The number of rotatable bonds is 16. The summed E-state index contributed by atoms with van der Waals surface area (Å²) in [7, 11) is 0. The highest BCUT2D eigenvalue weighted by Gasteiger charge is 2.44. The van der Waals surface area contributed by atoms with E-state index in [9.17, 15) is 30.6 Å². The number of hydrogen-bond donors (Lipinski definition) is 28. The lowest BCUT2D eigenvalue weighted by Crippen LogP contribution is -2.37. The van der Waals surface area contributed by atoms with Crippen molar-refractivity contribution in [2.45, 2.75) is 456 Å². The van der Waals surface area contributed by atoms with Gasteiger partial charge in [-0.15, -0.1) is 0 Å². The fourth-order valence-corrected chi connectivity index (χ4v) is 15.2. The summed E-state index contributed by atoms with van der Waals surface area (Å²) in [5.41, 5.74) is 70.2. The van der Waals surface area contributed by atoms with Gasteiger partial charge in [-0.1, -0.05) is 0 Å². The van der Waals surface area contributed by atoms with E-state index in [0.29, 0.717) is 87.1 Å². The normalized spacial score (nSPS) is 42.9. The molecule has 744 valence electrons. The van der Waals surface area contributed by atoms with E-state index in [1.54, 1.807) is 41.5 Å². The Hall–Kier alpha value is -1.64. The van der Waals surface area contributed by atoms with Crippen molar-refractivity contribution in [3.05, 3.63) is 0 Å². The van der Waals surface area contributed by atoms with Gasteiger partial charge in [-0.25, -0.2) is 0 Å². The van der Waals surface area contributed by atoms with Crippen molar-refractivity contribution < 1.29 is 138 Å². The van der Waals surface area contributed by atoms with E-state index in [0.717, 1.165) is 57.8 Å². The molecule has 8 unspecified atom stereocenters. The van der Waals surface area contributed by atoms with Gasteiger partial charge >= 0.3 is 0 Å². The molecule has 13 heterocycles. The maximum Gasteiger partial charge on any atom is 0.110 e. The molecule has 41 nitrogen and oxygen atoms in total. The minimum atomic E-state index is -0.819. The van der Waals surface area contributed by atoms with Gasteiger partial charge in [-0.3, -0.25) is 0 Å². The maximum absolute atomic E-state index is 9.17. The fourth-order valence-electron chi connectivity index (χ4n) is 15.2. The smallest absolute Gasteiger partial charge is 0.110 e. The van der Waals surface area contributed by atoms with Crippen LogP contribution in [0.4, 0.5) is 0 Å². The zero-order chi connectivity index (χ0) is 94.7. The van der Waals surface area contributed by atoms with Crippen LogP contribution in [-0.2, 0) is 61.6 Å². The van der Waals surface area contributed by atoms with Gasteiger partial charge in [-0.2, -0.15) is 0 Å². The van der Waals surface area contributed by atoms with E-state index < -0.39 is 110 Å². The molecule has 0 saturated carbocycles. The van der Waals surface area contributed by atoms with Crippen molar-refractivity contribution in [3.8, 4) is 0 Å².